The molecule has 0 atom stereocenters. The van der Waals surface area contributed by atoms with E-state index in [9.17, 15) is 4.79 Å². The molecule has 5 rings (SSSR count). The van der Waals surface area contributed by atoms with Gasteiger partial charge in [0.25, 0.3) is 0 Å². The molecule has 166 valence electrons. The van der Waals surface area contributed by atoms with Crippen molar-refractivity contribution in [2.24, 2.45) is 0 Å². The minimum atomic E-state index is 0.299. The minimum Gasteiger partial charge on any atom is -0.497 e. The molecule has 3 heterocycles. The number of para-hydroxylation sites is 1. The summed E-state index contributed by atoms with van der Waals surface area (Å²) in [6, 6.07) is 14.5. The van der Waals surface area contributed by atoms with Crippen molar-refractivity contribution in [1.82, 2.24) is 14.9 Å². The number of piperidine rings is 1. The van der Waals surface area contributed by atoms with Gasteiger partial charge >= 0.3 is 0 Å². The first kappa shape index (κ1) is 21.0. The molecule has 0 saturated carbocycles. The van der Waals surface area contributed by atoms with Crippen molar-refractivity contribution in [3.05, 3.63) is 59.2 Å². The highest BCUT2D eigenvalue weighted by atomic mass is 32.1. The molecule has 1 aliphatic rings. The Morgan fingerprint density at radius 3 is 2.84 bits per heavy atom. The van der Waals surface area contributed by atoms with E-state index in [1.807, 2.05) is 12.1 Å². The first-order valence-corrected chi connectivity index (χ1v) is 12.3. The Morgan fingerprint density at radius 2 is 2.03 bits per heavy atom. The number of carbonyl (C=O) groups is 1. The summed E-state index contributed by atoms with van der Waals surface area (Å²) in [5.41, 5.74) is 3.58. The van der Waals surface area contributed by atoms with E-state index in [0.717, 1.165) is 62.0 Å². The zero-order chi connectivity index (χ0) is 21.9. The van der Waals surface area contributed by atoms with Gasteiger partial charge in [-0.15, -0.1) is 11.3 Å². The van der Waals surface area contributed by atoms with E-state index in [0.29, 0.717) is 18.2 Å². The highest BCUT2D eigenvalue weighted by Crippen LogP contribution is 2.35. The summed E-state index contributed by atoms with van der Waals surface area (Å²) >= 11 is 1.77. The fourth-order valence-corrected chi connectivity index (χ4v) is 5.77. The molecular weight excluding hydrogens is 418 g/mol. The molecule has 1 fully saturated rings. The number of fused-ring (bicyclic) bond motifs is 2. The molecule has 4 aromatic rings. The lowest BCUT2D eigenvalue weighted by atomic mass is 9.89. The van der Waals surface area contributed by atoms with Gasteiger partial charge in [0.1, 0.15) is 5.75 Å². The first-order valence-electron chi connectivity index (χ1n) is 11.5. The highest BCUT2D eigenvalue weighted by molar-refractivity contribution is 7.18. The Bertz CT molecular complexity index is 1190. The number of carbonyl (C=O) groups excluding carboxylic acids is 1. The van der Waals surface area contributed by atoms with Crippen LogP contribution in [0, 0.1) is 0 Å². The lowest BCUT2D eigenvalue weighted by Gasteiger charge is -2.32. The Morgan fingerprint density at radius 1 is 1.19 bits per heavy atom. The summed E-state index contributed by atoms with van der Waals surface area (Å²) in [5, 5.41) is 2.42. The molecule has 1 N–H and O–H groups in total. The second-order valence-corrected chi connectivity index (χ2v) is 9.71. The number of hydrogen-bond acceptors (Lipinski definition) is 4. The number of ether oxygens (including phenoxy) is 1. The largest absolute Gasteiger partial charge is 0.497 e. The number of nitrogens with one attached hydrogen (secondary N) is 1. The van der Waals surface area contributed by atoms with Crippen molar-refractivity contribution >= 4 is 38.4 Å². The van der Waals surface area contributed by atoms with Gasteiger partial charge in [-0.1, -0.05) is 12.1 Å². The predicted molar refractivity (Wildman–Crippen MR) is 131 cm³/mol. The number of nitrogens with zero attached hydrogens (tertiary/aromatic N) is 2. The number of benzene rings is 2. The van der Waals surface area contributed by atoms with E-state index in [1.54, 1.807) is 18.4 Å². The number of thiazole rings is 1. The number of methoxy groups -OCH3 is 1. The number of amides is 1. The number of aromatic nitrogens is 2. The van der Waals surface area contributed by atoms with Crippen LogP contribution in [0.2, 0.25) is 0 Å². The fourth-order valence-electron chi connectivity index (χ4n) is 4.76. The topological polar surface area (TPSA) is 58.2 Å². The van der Waals surface area contributed by atoms with Crippen LogP contribution in [0.4, 0.5) is 0 Å². The molecule has 0 radical (unpaired) electrons. The Balaban J connectivity index is 1.10. The molecule has 1 amide bonds. The third kappa shape index (κ3) is 4.37. The number of likely N-dealkylation sites (tertiary alicyclic amines) is 1. The van der Waals surface area contributed by atoms with Gasteiger partial charge in [-0.2, -0.15) is 0 Å². The zero-order valence-corrected chi connectivity index (χ0v) is 19.3. The summed E-state index contributed by atoms with van der Waals surface area (Å²) in [6.45, 7) is 1.69. The van der Waals surface area contributed by atoms with Gasteiger partial charge < -0.3 is 14.6 Å². The quantitative estimate of drug-likeness (QED) is 0.359. The lowest BCUT2D eigenvalue weighted by molar-refractivity contribution is -0.132. The molecule has 2 aromatic heterocycles. The molecule has 0 aliphatic carbocycles. The zero-order valence-electron chi connectivity index (χ0n) is 18.5. The van der Waals surface area contributed by atoms with Crippen LogP contribution in [0.1, 0.15) is 48.6 Å². The van der Waals surface area contributed by atoms with Crippen LogP contribution >= 0.6 is 11.3 Å². The number of aryl methyl sites for hydroxylation is 1. The van der Waals surface area contributed by atoms with E-state index in [4.69, 9.17) is 9.72 Å². The van der Waals surface area contributed by atoms with Gasteiger partial charge in [0.2, 0.25) is 5.91 Å². The Hall–Kier alpha value is -2.86. The van der Waals surface area contributed by atoms with E-state index in [1.165, 1.54) is 20.7 Å². The van der Waals surface area contributed by atoms with Gasteiger partial charge in [0, 0.05) is 36.6 Å². The maximum absolute atomic E-state index is 12.7. The monoisotopic (exact) mass is 447 g/mol. The van der Waals surface area contributed by atoms with Crippen LogP contribution in [0.25, 0.3) is 21.1 Å². The molecule has 0 spiro atoms. The van der Waals surface area contributed by atoms with Crippen molar-refractivity contribution in [2.75, 3.05) is 20.2 Å². The number of aromatic amines is 1. The van der Waals surface area contributed by atoms with Crippen LogP contribution in [0.5, 0.6) is 5.75 Å². The molecule has 1 aliphatic heterocycles. The lowest BCUT2D eigenvalue weighted by Crippen LogP contribution is -2.37. The molecule has 1 saturated heterocycles. The predicted octanol–water partition coefficient (Wildman–Crippen LogP) is 5.91. The van der Waals surface area contributed by atoms with Gasteiger partial charge in [0.15, 0.2) is 0 Å². The molecule has 0 unspecified atom stereocenters. The van der Waals surface area contributed by atoms with Crippen molar-refractivity contribution in [3.8, 4) is 5.75 Å². The smallest absolute Gasteiger partial charge is 0.222 e. The molecule has 2 aromatic carbocycles. The van der Waals surface area contributed by atoms with Crippen LogP contribution in [-0.4, -0.2) is 41.0 Å². The summed E-state index contributed by atoms with van der Waals surface area (Å²) < 4.78 is 6.65. The highest BCUT2D eigenvalue weighted by Gasteiger charge is 2.25. The summed E-state index contributed by atoms with van der Waals surface area (Å²) in [7, 11) is 1.70. The van der Waals surface area contributed by atoms with Gasteiger partial charge in [-0.05, 0) is 73.9 Å². The van der Waals surface area contributed by atoms with Crippen LogP contribution in [0.3, 0.4) is 0 Å². The van der Waals surface area contributed by atoms with E-state index in [-0.39, 0.29) is 0 Å². The van der Waals surface area contributed by atoms with Crippen LogP contribution in [-0.2, 0) is 11.2 Å². The molecule has 32 heavy (non-hydrogen) atoms. The number of hydrogen-bond donors (Lipinski definition) is 1. The Kier molecular flexibility index (Phi) is 6.12. The van der Waals surface area contributed by atoms with E-state index < -0.39 is 0 Å². The first-order chi connectivity index (χ1) is 15.7. The molecule has 0 bridgehead atoms. The molecule has 6 heteroatoms. The second kappa shape index (κ2) is 9.33. The maximum Gasteiger partial charge on any atom is 0.222 e. The SMILES string of the molecule is COc1ccc2[nH]cc(C3CCN(C(=O)CCCCc4nc5ccccc5s4)CC3)c2c1. The van der Waals surface area contributed by atoms with Crippen molar-refractivity contribution in [2.45, 2.75) is 44.4 Å². The fraction of sp³-hybridized carbons (Fsp3) is 0.385. The summed E-state index contributed by atoms with van der Waals surface area (Å²) in [4.78, 5) is 22.9. The van der Waals surface area contributed by atoms with Crippen molar-refractivity contribution in [1.29, 1.82) is 0 Å². The van der Waals surface area contributed by atoms with E-state index >= 15 is 0 Å². The maximum atomic E-state index is 12.7. The van der Waals surface area contributed by atoms with Gasteiger partial charge in [-0.25, -0.2) is 4.98 Å². The van der Waals surface area contributed by atoms with Crippen molar-refractivity contribution < 1.29 is 9.53 Å². The average Bonchev–Trinajstić information content (AvgIpc) is 3.45. The van der Waals surface area contributed by atoms with Crippen molar-refractivity contribution in [3.63, 3.8) is 0 Å². The number of H-pyrrole nitrogens is 1. The molecule has 5 nitrogen and oxygen atoms in total. The van der Waals surface area contributed by atoms with Gasteiger partial charge in [0.05, 0.1) is 22.3 Å². The Labute approximate surface area is 192 Å². The third-order valence-corrected chi connectivity index (χ3v) is 7.67. The number of rotatable bonds is 7. The normalized spacial score (nSPS) is 15.0. The standard InChI is InChI=1S/C26H29N3O2S/c1-31-19-10-11-22-20(16-19)21(17-27-22)18-12-14-29(15-13-18)26(30)9-5-4-8-25-28-23-6-2-3-7-24(23)32-25/h2-3,6-7,10-11,16-18,27H,4-5,8-9,12-15H2,1H3. The second-order valence-electron chi connectivity index (χ2n) is 8.59. The molecular formula is C26H29N3O2S. The third-order valence-electron chi connectivity index (χ3n) is 6.58. The minimum absolute atomic E-state index is 0.299. The van der Waals surface area contributed by atoms with Crippen LogP contribution < -0.4 is 4.74 Å². The average molecular weight is 448 g/mol. The number of unbranched alkanes of at least 4 members (excludes halogenated alkanes) is 1. The summed E-state index contributed by atoms with van der Waals surface area (Å²) in [6.07, 6.45) is 7.70. The summed E-state index contributed by atoms with van der Waals surface area (Å²) in [5.74, 6) is 1.67. The van der Waals surface area contributed by atoms with Gasteiger partial charge in [-0.3, -0.25) is 4.79 Å². The van der Waals surface area contributed by atoms with Crippen LogP contribution in [0.15, 0.2) is 48.7 Å². The van der Waals surface area contributed by atoms with E-state index in [2.05, 4.69) is 46.4 Å².